The van der Waals surface area contributed by atoms with E-state index in [9.17, 15) is 0 Å². The fourth-order valence-corrected chi connectivity index (χ4v) is 2.63. The van der Waals surface area contributed by atoms with Crippen LogP contribution < -0.4 is 0 Å². The molecule has 0 aromatic heterocycles. The maximum absolute atomic E-state index is 5.86. The minimum Gasteiger partial charge on any atom is -0.376 e. The molecule has 86 valence electrons. The summed E-state index contributed by atoms with van der Waals surface area (Å²) in [6.07, 6.45) is 8.70. The molecule has 15 heavy (non-hydrogen) atoms. The molecule has 0 amide bonds. The molecule has 0 bridgehead atoms. The second-order valence-corrected chi connectivity index (χ2v) is 5.09. The van der Waals surface area contributed by atoms with Crippen LogP contribution in [0.5, 0.6) is 0 Å². The third-order valence-electron chi connectivity index (χ3n) is 3.78. The first-order valence-electron chi connectivity index (χ1n) is 6.26. The molecule has 3 unspecified atom stereocenters. The van der Waals surface area contributed by atoms with E-state index in [-0.39, 0.29) is 5.60 Å². The smallest absolute Gasteiger partial charge is 0.118 e. The van der Waals surface area contributed by atoms with E-state index in [0.717, 1.165) is 19.8 Å². The number of epoxide rings is 2. The van der Waals surface area contributed by atoms with Gasteiger partial charge in [-0.25, -0.2) is 0 Å². The summed E-state index contributed by atoms with van der Waals surface area (Å²) >= 11 is 0. The van der Waals surface area contributed by atoms with Crippen LogP contribution in [0.4, 0.5) is 0 Å². The molecule has 1 saturated carbocycles. The first-order chi connectivity index (χ1) is 7.39. The highest BCUT2D eigenvalue weighted by Crippen LogP contribution is 2.45. The van der Waals surface area contributed by atoms with Crippen LogP contribution >= 0.6 is 0 Å². The number of hydrogen-bond donors (Lipinski definition) is 0. The van der Waals surface area contributed by atoms with Gasteiger partial charge in [-0.3, -0.25) is 0 Å². The summed E-state index contributed by atoms with van der Waals surface area (Å²) in [5.74, 6) is 0. The SMILES string of the molecule is C1CCCC2(COCC3CO3)OC2CC1. The van der Waals surface area contributed by atoms with Crippen LogP contribution in [0.25, 0.3) is 0 Å². The van der Waals surface area contributed by atoms with Crippen LogP contribution in [0.15, 0.2) is 0 Å². The predicted octanol–water partition coefficient (Wildman–Crippen LogP) is 1.89. The van der Waals surface area contributed by atoms with Gasteiger partial charge in [0.25, 0.3) is 0 Å². The van der Waals surface area contributed by atoms with Crippen molar-refractivity contribution in [3.63, 3.8) is 0 Å². The second kappa shape index (κ2) is 4.04. The van der Waals surface area contributed by atoms with Crippen molar-refractivity contribution >= 4 is 0 Å². The van der Waals surface area contributed by atoms with Crippen molar-refractivity contribution in [3.05, 3.63) is 0 Å². The molecular weight excluding hydrogens is 192 g/mol. The topological polar surface area (TPSA) is 34.3 Å². The molecule has 2 heterocycles. The normalized spacial score (nSPS) is 44.0. The highest BCUT2D eigenvalue weighted by molar-refractivity contribution is 5.03. The molecule has 3 aliphatic rings. The van der Waals surface area contributed by atoms with E-state index in [1.807, 2.05) is 0 Å². The fraction of sp³-hybridized carbons (Fsp3) is 1.00. The third-order valence-corrected chi connectivity index (χ3v) is 3.78. The van der Waals surface area contributed by atoms with E-state index in [1.165, 1.54) is 38.5 Å². The predicted molar refractivity (Wildman–Crippen MR) is 55.9 cm³/mol. The monoisotopic (exact) mass is 212 g/mol. The van der Waals surface area contributed by atoms with Crippen molar-refractivity contribution in [3.8, 4) is 0 Å². The van der Waals surface area contributed by atoms with Crippen LogP contribution in [0.1, 0.15) is 38.5 Å². The van der Waals surface area contributed by atoms with Gasteiger partial charge in [0.1, 0.15) is 11.7 Å². The van der Waals surface area contributed by atoms with E-state index in [0.29, 0.717) is 12.2 Å². The Morgan fingerprint density at radius 2 is 2.07 bits per heavy atom. The van der Waals surface area contributed by atoms with E-state index in [2.05, 4.69) is 0 Å². The first kappa shape index (κ1) is 10.1. The van der Waals surface area contributed by atoms with E-state index >= 15 is 0 Å². The van der Waals surface area contributed by atoms with Gasteiger partial charge in [-0.05, 0) is 12.8 Å². The molecule has 0 radical (unpaired) electrons. The van der Waals surface area contributed by atoms with Gasteiger partial charge in [-0.2, -0.15) is 0 Å². The largest absolute Gasteiger partial charge is 0.376 e. The van der Waals surface area contributed by atoms with Crippen LogP contribution in [-0.4, -0.2) is 37.6 Å². The lowest BCUT2D eigenvalue weighted by molar-refractivity contribution is 0.0637. The van der Waals surface area contributed by atoms with Gasteiger partial charge >= 0.3 is 0 Å². The zero-order chi connectivity index (χ0) is 10.1. The van der Waals surface area contributed by atoms with Gasteiger partial charge in [0.15, 0.2) is 0 Å². The van der Waals surface area contributed by atoms with Gasteiger partial charge in [0.05, 0.1) is 25.9 Å². The molecule has 0 spiro atoms. The lowest BCUT2D eigenvalue weighted by Gasteiger charge is -2.15. The fourth-order valence-electron chi connectivity index (χ4n) is 2.63. The zero-order valence-corrected chi connectivity index (χ0v) is 9.24. The van der Waals surface area contributed by atoms with Crippen molar-refractivity contribution in [2.75, 3.05) is 19.8 Å². The summed E-state index contributed by atoms with van der Waals surface area (Å²) in [4.78, 5) is 0. The van der Waals surface area contributed by atoms with Crippen molar-refractivity contribution < 1.29 is 14.2 Å². The van der Waals surface area contributed by atoms with Crippen LogP contribution in [-0.2, 0) is 14.2 Å². The molecule has 3 fully saturated rings. The number of rotatable bonds is 4. The summed E-state index contributed by atoms with van der Waals surface area (Å²) in [6.45, 7) is 2.44. The lowest BCUT2D eigenvalue weighted by atomic mass is 9.92. The van der Waals surface area contributed by atoms with Crippen molar-refractivity contribution in [2.45, 2.75) is 56.3 Å². The molecule has 3 nitrogen and oxygen atoms in total. The minimum atomic E-state index is 0.106. The molecule has 0 N–H and O–H groups in total. The average molecular weight is 212 g/mol. The minimum absolute atomic E-state index is 0.106. The first-order valence-corrected chi connectivity index (χ1v) is 6.26. The quantitative estimate of drug-likeness (QED) is 0.667. The summed E-state index contributed by atoms with van der Waals surface area (Å²) in [5.41, 5.74) is 0.106. The van der Waals surface area contributed by atoms with Crippen LogP contribution in [0.2, 0.25) is 0 Å². The molecule has 0 aromatic rings. The van der Waals surface area contributed by atoms with Gasteiger partial charge in [0, 0.05) is 0 Å². The second-order valence-electron chi connectivity index (χ2n) is 5.09. The number of hydrogen-bond acceptors (Lipinski definition) is 3. The molecule has 0 aromatic carbocycles. The van der Waals surface area contributed by atoms with Gasteiger partial charge in [-0.1, -0.05) is 25.7 Å². The zero-order valence-electron chi connectivity index (χ0n) is 9.24. The average Bonchev–Trinajstić information content (AvgIpc) is 3.08. The van der Waals surface area contributed by atoms with Crippen LogP contribution in [0, 0.1) is 0 Å². The highest BCUT2D eigenvalue weighted by Gasteiger charge is 2.55. The number of ether oxygens (including phenoxy) is 3. The van der Waals surface area contributed by atoms with E-state index in [1.54, 1.807) is 0 Å². The highest BCUT2D eigenvalue weighted by atomic mass is 16.6. The van der Waals surface area contributed by atoms with Gasteiger partial charge in [-0.15, -0.1) is 0 Å². The standard InChI is InChI=1S/C12H20O3/c1-2-4-6-12(11(15-12)5-3-1)9-13-7-10-8-14-10/h10-11H,1-9H2. The number of fused-ring (bicyclic) bond motifs is 1. The Morgan fingerprint density at radius 3 is 2.93 bits per heavy atom. The Morgan fingerprint density at radius 1 is 1.20 bits per heavy atom. The van der Waals surface area contributed by atoms with Gasteiger partial charge in [0.2, 0.25) is 0 Å². The lowest BCUT2D eigenvalue weighted by Crippen LogP contribution is -2.25. The Balaban J connectivity index is 1.45. The molecule has 2 aliphatic heterocycles. The Labute approximate surface area is 91.1 Å². The third kappa shape index (κ3) is 2.35. The molecule has 3 rings (SSSR count). The summed E-state index contributed by atoms with van der Waals surface area (Å²) in [7, 11) is 0. The van der Waals surface area contributed by atoms with Crippen LogP contribution in [0.3, 0.4) is 0 Å². The summed E-state index contributed by atoms with van der Waals surface area (Å²) in [5, 5.41) is 0. The van der Waals surface area contributed by atoms with E-state index < -0.39 is 0 Å². The molecule has 1 aliphatic carbocycles. The maximum Gasteiger partial charge on any atom is 0.118 e. The van der Waals surface area contributed by atoms with Crippen molar-refractivity contribution in [1.82, 2.24) is 0 Å². The van der Waals surface area contributed by atoms with Crippen molar-refractivity contribution in [1.29, 1.82) is 0 Å². The summed E-state index contributed by atoms with van der Waals surface area (Å²) < 4.78 is 16.7. The maximum atomic E-state index is 5.86. The van der Waals surface area contributed by atoms with Gasteiger partial charge < -0.3 is 14.2 Å². The van der Waals surface area contributed by atoms with Crippen molar-refractivity contribution in [2.24, 2.45) is 0 Å². The molecule has 2 saturated heterocycles. The molecule has 3 heteroatoms. The molecular formula is C12H20O3. The Bertz CT molecular complexity index is 227. The Kier molecular flexibility index (Phi) is 2.71. The Hall–Kier alpha value is -0.120. The molecule has 3 atom stereocenters. The van der Waals surface area contributed by atoms with E-state index in [4.69, 9.17) is 14.2 Å². The summed E-state index contributed by atoms with van der Waals surface area (Å²) in [6, 6.07) is 0.